The summed E-state index contributed by atoms with van der Waals surface area (Å²) in [5.74, 6) is -3.59. The van der Waals surface area contributed by atoms with Gasteiger partial charge in [0.1, 0.15) is 5.76 Å². The molecule has 0 fully saturated rings. The number of halogens is 3. The highest BCUT2D eigenvalue weighted by molar-refractivity contribution is 9.11. The molecule has 10 heavy (non-hydrogen) atoms. The molecule has 0 heterocycles. The molecular formula is C6H5BrF2O. The van der Waals surface area contributed by atoms with E-state index in [0.717, 1.165) is 0 Å². The first kappa shape index (κ1) is 9.36. The highest BCUT2D eigenvalue weighted by Gasteiger charge is 2.09. The van der Waals surface area contributed by atoms with Crippen LogP contribution in [0.25, 0.3) is 0 Å². The van der Waals surface area contributed by atoms with Crippen LogP contribution in [0.4, 0.5) is 8.78 Å². The van der Waals surface area contributed by atoms with Crippen LogP contribution in [0.15, 0.2) is 35.1 Å². The molecule has 0 saturated carbocycles. The number of aliphatic hydroxyl groups excluding tert-OH is 1. The van der Waals surface area contributed by atoms with Crippen LogP contribution in [0.5, 0.6) is 0 Å². The summed E-state index contributed by atoms with van der Waals surface area (Å²) in [5.41, 5.74) is 0. The maximum Gasteiger partial charge on any atom is 0.200 e. The maximum atomic E-state index is 12.3. The summed E-state index contributed by atoms with van der Waals surface area (Å²) >= 11 is 2.59. The third-order valence-electron chi connectivity index (χ3n) is 0.684. The van der Waals surface area contributed by atoms with Gasteiger partial charge < -0.3 is 5.11 Å². The molecule has 0 rings (SSSR count). The zero-order chi connectivity index (χ0) is 8.31. The molecule has 0 radical (unpaired) electrons. The van der Waals surface area contributed by atoms with Crippen molar-refractivity contribution in [2.45, 2.75) is 0 Å². The van der Waals surface area contributed by atoms with Gasteiger partial charge in [0.2, 0.25) is 5.83 Å². The fraction of sp³-hybridized carbons (Fsp3) is 0. The van der Waals surface area contributed by atoms with Crippen molar-refractivity contribution >= 4 is 15.9 Å². The summed E-state index contributed by atoms with van der Waals surface area (Å²) in [6.45, 7) is 5.83. The van der Waals surface area contributed by atoms with E-state index < -0.39 is 17.4 Å². The van der Waals surface area contributed by atoms with Crippen LogP contribution >= 0.6 is 15.9 Å². The van der Waals surface area contributed by atoms with Gasteiger partial charge in [-0.3, -0.25) is 0 Å². The molecule has 4 heteroatoms. The van der Waals surface area contributed by atoms with Crippen molar-refractivity contribution in [1.82, 2.24) is 0 Å². The fourth-order valence-corrected chi connectivity index (χ4v) is 0.420. The van der Waals surface area contributed by atoms with E-state index in [9.17, 15) is 8.78 Å². The monoisotopic (exact) mass is 210 g/mol. The maximum absolute atomic E-state index is 12.3. The molecule has 1 nitrogen and oxygen atoms in total. The second-order valence-corrected chi connectivity index (χ2v) is 2.44. The van der Waals surface area contributed by atoms with E-state index in [-0.39, 0.29) is 4.48 Å². The SMILES string of the molecule is C=C(O)/C(F)=C(/F)C(=C)Br. The highest BCUT2D eigenvalue weighted by Crippen LogP contribution is 2.23. The standard InChI is InChI=1S/C6H5BrF2O/c1-3(7)5(8)6(9)4(2)10/h10H,1-2H2/b6-5-. The van der Waals surface area contributed by atoms with Crippen molar-refractivity contribution in [3.05, 3.63) is 35.1 Å². The molecule has 0 saturated heterocycles. The predicted molar refractivity (Wildman–Crippen MR) is 39.1 cm³/mol. The number of allylic oxidation sites excluding steroid dienone is 3. The van der Waals surface area contributed by atoms with Gasteiger partial charge >= 0.3 is 0 Å². The predicted octanol–water partition coefficient (Wildman–Crippen LogP) is 3.12. The van der Waals surface area contributed by atoms with Crippen LogP contribution in [0.3, 0.4) is 0 Å². The first-order valence-electron chi connectivity index (χ1n) is 2.25. The van der Waals surface area contributed by atoms with Gasteiger partial charge in [-0.25, -0.2) is 4.39 Å². The molecule has 0 aliphatic rings. The van der Waals surface area contributed by atoms with Crippen LogP contribution in [0.2, 0.25) is 0 Å². The number of rotatable bonds is 2. The van der Waals surface area contributed by atoms with Crippen molar-refractivity contribution in [2.24, 2.45) is 0 Å². The molecule has 0 aromatic carbocycles. The number of aliphatic hydroxyl groups is 1. The first-order chi connectivity index (χ1) is 4.46. The summed E-state index contributed by atoms with van der Waals surface area (Å²) < 4.78 is 24.3. The molecule has 0 unspecified atom stereocenters. The van der Waals surface area contributed by atoms with Crippen molar-refractivity contribution in [3.8, 4) is 0 Å². The largest absolute Gasteiger partial charge is 0.505 e. The molecule has 1 N–H and O–H groups in total. The van der Waals surface area contributed by atoms with E-state index in [1.807, 2.05) is 0 Å². The Bertz CT molecular complexity index is 186. The van der Waals surface area contributed by atoms with E-state index in [0.29, 0.717) is 0 Å². The Kier molecular flexibility index (Phi) is 3.28. The Labute approximate surface area is 65.5 Å². The Morgan fingerprint density at radius 3 is 1.70 bits per heavy atom. The summed E-state index contributed by atoms with van der Waals surface area (Å²) in [6, 6.07) is 0. The second-order valence-electron chi connectivity index (χ2n) is 1.48. The van der Waals surface area contributed by atoms with Gasteiger partial charge in [-0.15, -0.1) is 0 Å². The lowest BCUT2D eigenvalue weighted by Gasteiger charge is -1.95. The minimum Gasteiger partial charge on any atom is -0.505 e. The van der Waals surface area contributed by atoms with Crippen molar-refractivity contribution in [2.75, 3.05) is 0 Å². The molecule has 0 aliphatic heterocycles. The molecule has 0 bridgehead atoms. The van der Waals surface area contributed by atoms with E-state index >= 15 is 0 Å². The summed E-state index contributed by atoms with van der Waals surface area (Å²) in [7, 11) is 0. The molecule has 56 valence electrons. The molecule has 0 spiro atoms. The highest BCUT2D eigenvalue weighted by atomic mass is 79.9. The van der Waals surface area contributed by atoms with Crippen LogP contribution < -0.4 is 0 Å². The third-order valence-corrected chi connectivity index (χ3v) is 1.03. The lowest BCUT2D eigenvalue weighted by atomic mass is 10.4. The minimum absolute atomic E-state index is 0.264. The molecule has 0 aromatic rings. The van der Waals surface area contributed by atoms with Gasteiger partial charge in [0.15, 0.2) is 5.83 Å². The third kappa shape index (κ3) is 2.31. The zero-order valence-corrected chi connectivity index (χ0v) is 6.58. The molecule has 0 atom stereocenters. The topological polar surface area (TPSA) is 20.2 Å². The second kappa shape index (κ2) is 3.51. The number of hydrogen-bond donors (Lipinski definition) is 1. The molecule has 0 aromatic heterocycles. The van der Waals surface area contributed by atoms with Crippen molar-refractivity contribution in [1.29, 1.82) is 0 Å². The minimum atomic E-state index is -1.40. The van der Waals surface area contributed by atoms with E-state index in [4.69, 9.17) is 5.11 Å². The summed E-state index contributed by atoms with van der Waals surface area (Å²) in [6.07, 6.45) is 0. The first-order valence-corrected chi connectivity index (χ1v) is 3.04. The molecular weight excluding hydrogens is 206 g/mol. The van der Waals surface area contributed by atoms with Gasteiger partial charge in [-0.1, -0.05) is 13.2 Å². The Morgan fingerprint density at radius 1 is 1.20 bits per heavy atom. The lowest BCUT2D eigenvalue weighted by molar-refractivity contribution is 0.381. The van der Waals surface area contributed by atoms with Crippen LogP contribution in [0.1, 0.15) is 0 Å². The average Bonchev–Trinajstić information content (AvgIpc) is 1.84. The van der Waals surface area contributed by atoms with Gasteiger partial charge in [0, 0.05) is 4.48 Å². The van der Waals surface area contributed by atoms with Gasteiger partial charge in [0.05, 0.1) is 0 Å². The van der Waals surface area contributed by atoms with Crippen molar-refractivity contribution < 1.29 is 13.9 Å². The van der Waals surface area contributed by atoms with Gasteiger partial charge in [-0.05, 0) is 15.9 Å². The Morgan fingerprint density at radius 2 is 1.60 bits per heavy atom. The van der Waals surface area contributed by atoms with Gasteiger partial charge in [0.25, 0.3) is 0 Å². The van der Waals surface area contributed by atoms with Crippen molar-refractivity contribution in [3.63, 3.8) is 0 Å². The number of hydrogen-bond acceptors (Lipinski definition) is 1. The van der Waals surface area contributed by atoms with Crippen LogP contribution in [-0.4, -0.2) is 5.11 Å². The zero-order valence-electron chi connectivity index (χ0n) is 5.00. The smallest absolute Gasteiger partial charge is 0.200 e. The van der Waals surface area contributed by atoms with E-state index in [2.05, 4.69) is 29.1 Å². The normalized spacial score (nSPS) is 12.3. The summed E-state index contributed by atoms with van der Waals surface area (Å²) in [5, 5.41) is 8.31. The fourth-order valence-electron chi connectivity index (χ4n) is 0.246. The molecule has 0 amide bonds. The molecule has 0 aliphatic carbocycles. The van der Waals surface area contributed by atoms with E-state index in [1.54, 1.807) is 0 Å². The van der Waals surface area contributed by atoms with E-state index in [1.165, 1.54) is 0 Å². The summed E-state index contributed by atoms with van der Waals surface area (Å²) in [4.78, 5) is 0. The van der Waals surface area contributed by atoms with Gasteiger partial charge in [-0.2, -0.15) is 4.39 Å². The van der Waals surface area contributed by atoms with Crippen LogP contribution in [0, 0.1) is 0 Å². The Balaban J connectivity index is 4.67. The Hall–Kier alpha value is -0.640. The lowest BCUT2D eigenvalue weighted by Crippen LogP contribution is -1.83. The van der Waals surface area contributed by atoms with Crippen LogP contribution in [-0.2, 0) is 0 Å². The quantitative estimate of drug-likeness (QED) is 0.549. The average molecular weight is 211 g/mol.